The Bertz CT molecular complexity index is 1080. The molecule has 8 heteroatoms. The highest BCUT2D eigenvalue weighted by atomic mass is 32.1. The van der Waals surface area contributed by atoms with E-state index in [1.807, 2.05) is 38.4 Å². The van der Waals surface area contributed by atoms with Crippen molar-refractivity contribution in [2.45, 2.75) is 26.3 Å². The second-order valence-corrected chi connectivity index (χ2v) is 9.17. The first-order valence-electron chi connectivity index (χ1n) is 9.81. The van der Waals surface area contributed by atoms with Crippen molar-refractivity contribution in [1.82, 2.24) is 9.88 Å². The normalized spacial score (nSPS) is 11.6. The first kappa shape index (κ1) is 22.7. The van der Waals surface area contributed by atoms with E-state index in [0.29, 0.717) is 17.3 Å². The summed E-state index contributed by atoms with van der Waals surface area (Å²) in [7, 11) is 4.04. The Balaban J connectivity index is 1.68. The van der Waals surface area contributed by atoms with Crippen LogP contribution in [0.15, 0.2) is 42.5 Å². The van der Waals surface area contributed by atoms with Crippen molar-refractivity contribution < 1.29 is 13.9 Å². The third-order valence-corrected chi connectivity index (χ3v) is 6.19. The van der Waals surface area contributed by atoms with Gasteiger partial charge in [-0.25, -0.2) is 9.37 Å². The van der Waals surface area contributed by atoms with Crippen molar-refractivity contribution in [3.63, 3.8) is 0 Å². The average molecular weight is 443 g/mol. The fourth-order valence-corrected chi connectivity index (χ4v) is 3.43. The van der Waals surface area contributed by atoms with Crippen LogP contribution in [0.25, 0.3) is 0 Å². The molecule has 0 atom stereocenters. The standard InChI is InChI=1S/C23H27FN4O2S/c1-14-6-7-15(12-18(14)24)19(29)20-21(25)27-22(31-20)26-16-8-10-17(11-9-16)30-13-23(2,3)28(4)5/h6-12H,13,25H2,1-5H3,(H,26,27). The summed E-state index contributed by atoms with van der Waals surface area (Å²) in [5, 5.41) is 3.63. The smallest absolute Gasteiger partial charge is 0.206 e. The largest absolute Gasteiger partial charge is 0.492 e. The minimum absolute atomic E-state index is 0.0847. The number of nitrogens with zero attached hydrogens (tertiary/aromatic N) is 2. The summed E-state index contributed by atoms with van der Waals surface area (Å²) < 4.78 is 19.7. The van der Waals surface area contributed by atoms with Crippen molar-refractivity contribution in [2.75, 3.05) is 31.8 Å². The van der Waals surface area contributed by atoms with Crippen LogP contribution in [-0.2, 0) is 0 Å². The number of carbonyl (C=O) groups excluding carboxylic acids is 1. The molecule has 0 bridgehead atoms. The maximum Gasteiger partial charge on any atom is 0.206 e. The van der Waals surface area contributed by atoms with E-state index in [4.69, 9.17) is 10.5 Å². The van der Waals surface area contributed by atoms with Gasteiger partial charge in [-0.15, -0.1) is 0 Å². The SMILES string of the molecule is Cc1ccc(C(=O)c2sc(Nc3ccc(OCC(C)(C)N(C)C)cc3)nc2N)cc1F. The highest BCUT2D eigenvalue weighted by Gasteiger charge is 2.21. The molecule has 0 fully saturated rings. The second kappa shape index (κ2) is 9.03. The zero-order valence-electron chi connectivity index (χ0n) is 18.3. The number of rotatable bonds is 8. The van der Waals surface area contributed by atoms with Gasteiger partial charge in [-0.2, -0.15) is 0 Å². The number of aryl methyl sites for hydroxylation is 1. The van der Waals surface area contributed by atoms with Crippen LogP contribution in [0, 0.1) is 12.7 Å². The first-order chi connectivity index (χ1) is 14.6. The molecule has 0 saturated carbocycles. The highest BCUT2D eigenvalue weighted by Crippen LogP contribution is 2.30. The second-order valence-electron chi connectivity index (χ2n) is 8.17. The van der Waals surface area contributed by atoms with E-state index in [9.17, 15) is 9.18 Å². The van der Waals surface area contributed by atoms with Crippen LogP contribution in [0.3, 0.4) is 0 Å². The van der Waals surface area contributed by atoms with E-state index in [-0.39, 0.29) is 27.6 Å². The first-order valence-corrected chi connectivity index (χ1v) is 10.6. The topological polar surface area (TPSA) is 80.5 Å². The van der Waals surface area contributed by atoms with Crippen molar-refractivity contribution in [2.24, 2.45) is 0 Å². The third-order valence-electron chi connectivity index (χ3n) is 5.20. The van der Waals surface area contributed by atoms with Crippen molar-refractivity contribution in [1.29, 1.82) is 0 Å². The van der Waals surface area contributed by atoms with Gasteiger partial charge in [-0.3, -0.25) is 4.79 Å². The predicted octanol–water partition coefficient (Wildman–Crippen LogP) is 4.87. The Kier molecular flexibility index (Phi) is 6.62. The molecule has 3 N–H and O–H groups in total. The van der Waals surface area contributed by atoms with Gasteiger partial charge in [-0.05, 0) is 70.8 Å². The molecule has 0 saturated heterocycles. The Labute approximate surface area is 185 Å². The molecule has 1 aromatic heterocycles. The van der Waals surface area contributed by atoms with Crippen LogP contribution in [0.1, 0.15) is 34.6 Å². The maximum absolute atomic E-state index is 13.8. The summed E-state index contributed by atoms with van der Waals surface area (Å²) in [6.45, 7) is 6.42. The molecule has 164 valence electrons. The van der Waals surface area contributed by atoms with Gasteiger partial charge in [0, 0.05) is 16.8 Å². The number of halogens is 1. The highest BCUT2D eigenvalue weighted by molar-refractivity contribution is 7.18. The Hall–Kier alpha value is -2.97. The monoisotopic (exact) mass is 442 g/mol. The number of ether oxygens (including phenoxy) is 1. The van der Waals surface area contributed by atoms with Gasteiger partial charge < -0.3 is 20.7 Å². The summed E-state index contributed by atoms with van der Waals surface area (Å²) in [6.07, 6.45) is 0. The van der Waals surface area contributed by atoms with Crippen LogP contribution >= 0.6 is 11.3 Å². The number of likely N-dealkylation sites (N-methyl/N-ethyl adjacent to an activating group) is 1. The lowest BCUT2D eigenvalue weighted by molar-refractivity contribution is 0.104. The number of nitrogens with one attached hydrogen (secondary N) is 1. The summed E-state index contributed by atoms with van der Waals surface area (Å²) in [4.78, 5) is 19.3. The van der Waals surface area contributed by atoms with Crippen molar-refractivity contribution >= 4 is 33.8 Å². The van der Waals surface area contributed by atoms with Crippen LogP contribution < -0.4 is 15.8 Å². The molecular weight excluding hydrogens is 415 g/mol. The van der Waals surface area contributed by atoms with E-state index in [0.717, 1.165) is 22.8 Å². The van der Waals surface area contributed by atoms with Gasteiger partial charge >= 0.3 is 0 Å². The summed E-state index contributed by atoms with van der Waals surface area (Å²) >= 11 is 1.13. The molecule has 0 unspecified atom stereocenters. The van der Waals surface area contributed by atoms with E-state index in [1.165, 1.54) is 6.07 Å². The molecule has 3 rings (SSSR count). The molecule has 6 nitrogen and oxygen atoms in total. The molecule has 2 aromatic carbocycles. The molecule has 0 aliphatic carbocycles. The number of benzene rings is 2. The number of ketones is 1. The van der Waals surface area contributed by atoms with Gasteiger partial charge in [-0.1, -0.05) is 23.5 Å². The van der Waals surface area contributed by atoms with E-state index < -0.39 is 5.82 Å². The number of hydrogen-bond donors (Lipinski definition) is 2. The van der Waals surface area contributed by atoms with Crippen LogP contribution in [0.5, 0.6) is 5.75 Å². The predicted molar refractivity (Wildman–Crippen MR) is 124 cm³/mol. The van der Waals surface area contributed by atoms with Crippen molar-refractivity contribution in [3.8, 4) is 5.75 Å². The number of nitrogens with two attached hydrogens (primary N) is 1. The molecule has 0 amide bonds. The molecular formula is C23H27FN4O2S. The fraction of sp³-hybridized carbons (Fsp3) is 0.304. The lowest BCUT2D eigenvalue weighted by atomic mass is 10.1. The zero-order chi connectivity index (χ0) is 22.8. The van der Waals surface area contributed by atoms with Gasteiger partial charge in [0.05, 0.1) is 0 Å². The molecule has 3 aromatic rings. The Morgan fingerprint density at radius 1 is 1.23 bits per heavy atom. The van der Waals surface area contributed by atoms with Gasteiger partial charge in [0.1, 0.15) is 28.9 Å². The summed E-state index contributed by atoms with van der Waals surface area (Å²) in [5.74, 6) is 0.0958. The average Bonchev–Trinajstić information content (AvgIpc) is 3.09. The Morgan fingerprint density at radius 3 is 2.52 bits per heavy atom. The molecule has 0 radical (unpaired) electrons. The number of thiazole rings is 1. The van der Waals surface area contributed by atoms with Gasteiger partial charge in [0.25, 0.3) is 0 Å². The van der Waals surface area contributed by atoms with Crippen LogP contribution in [0.2, 0.25) is 0 Å². The number of hydrogen-bond acceptors (Lipinski definition) is 7. The fourth-order valence-electron chi connectivity index (χ4n) is 2.56. The lowest BCUT2D eigenvalue weighted by Gasteiger charge is -2.32. The van der Waals surface area contributed by atoms with Gasteiger partial charge in [0.2, 0.25) is 5.78 Å². The van der Waals surface area contributed by atoms with Gasteiger partial charge in [0.15, 0.2) is 5.13 Å². The van der Waals surface area contributed by atoms with Crippen LogP contribution in [-0.4, -0.2) is 41.9 Å². The van der Waals surface area contributed by atoms with Crippen molar-refractivity contribution in [3.05, 3.63) is 64.3 Å². The molecule has 1 heterocycles. The quantitative estimate of drug-likeness (QED) is 0.485. The number of nitrogen functional groups attached to an aromatic ring is 1. The molecule has 0 spiro atoms. The number of aromatic nitrogens is 1. The Morgan fingerprint density at radius 2 is 1.90 bits per heavy atom. The minimum atomic E-state index is -0.427. The van der Waals surface area contributed by atoms with E-state index in [2.05, 4.69) is 29.0 Å². The number of carbonyl (C=O) groups is 1. The number of anilines is 3. The minimum Gasteiger partial charge on any atom is -0.492 e. The zero-order valence-corrected chi connectivity index (χ0v) is 19.1. The van der Waals surface area contributed by atoms with E-state index in [1.54, 1.807) is 19.1 Å². The van der Waals surface area contributed by atoms with Crippen LogP contribution in [0.4, 0.5) is 21.0 Å². The summed E-state index contributed by atoms with van der Waals surface area (Å²) in [6, 6.07) is 11.9. The lowest BCUT2D eigenvalue weighted by Crippen LogP contribution is -2.43. The molecule has 31 heavy (non-hydrogen) atoms. The molecule has 0 aliphatic heterocycles. The maximum atomic E-state index is 13.8. The summed E-state index contributed by atoms with van der Waals surface area (Å²) in [5.41, 5.74) is 7.37. The molecule has 0 aliphatic rings. The third kappa shape index (κ3) is 5.39. The van der Waals surface area contributed by atoms with E-state index >= 15 is 0 Å².